The average molecular weight is 413 g/mol. The molecule has 152 valence electrons. The summed E-state index contributed by atoms with van der Waals surface area (Å²) in [4.78, 5) is 12.8. The second-order valence-corrected chi connectivity index (χ2v) is 8.75. The van der Waals surface area contributed by atoms with Gasteiger partial charge in [-0.1, -0.05) is 66.7 Å². The van der Waals surface area contributed by atoms with E-state index in [2.05, 4.69) is 5.32 Å². The molecule has 3 rings (SSSR count). The molecule has 3 aromatic carbocycles. The quantitative estimate of drug-likeness (QED) is 0.577. The van der Waals surface area contributed by atoms with Crippen molar-refractivity contribution in [1.29, 1.82) is 0 Å². The molecule has 7 heteroatoms. The monoisotopic (exact) mass is 412 g/mol. The topological polar surface area (TPSA) is 75.7 Å². The standard InChI is InChI=1S/C22H24N2O4S/c1-24(29(2,26)27)21(18-10-4-3-5-11-18)22(25)23-15-16-28-20-14-8-12-17-9-6-7-13-19(17)20/h3-14,21H,15-16H2,1-2H3,(H,23,25)/t21-/m0/s1. The van der Waals surface area contributed by atoms with Gasteiger partial charge in [0.15, 0.2) is 0 Å². The molecule has 0 fully saturated rings. The van der Waals surface area contributed by atoms with E-state index in [0.29, 0.717) is 5.56 Å². The van der Waals surface area contributed by atoms with Gasteiger partial charge >= 0.3 is 0 Å². The number of ether oxygens (including phenoxy) is 1. The van der Waals surface area contributed by atoms with Crippen LogP contribution in [0.5, 0.6) is 5.75 Å². The first-order valence-electron chi connectivity index (χ1n) is 9.24. The van der Waals surface area contributed by atoms with Crippen LogP contribution in [-0.4, -0.2) is 45.1 Å². The Hall–Kier alpha value is -2.90. The fraction of sp³-hybridized carbons (Fsp3) is 0.227. The number of hydrogen-bond donors (Lipinski definition) is 1. The van der Waals surface area contributed by atoms with Crippen molar-refractivity contribution in [2.45, 2.75) is 6.04 Å². The summed E-state index contributed by atoms with van der Waals surface area (Å²) < 4.78 is 30.9. The maximum atomic E-state index is 12.8. The van der Waals surface area contributed by atoms with Gasteiger partial charge in [-0.3, -0.25) is 4.79 Å². The van der Waals surface area contributed by atoms with Crippen LogP contribution in [0.4, 0.5) is 0 Å². The highest BCUT2D eigenvalue weighted by molar-refractivity contribution is 7.88. The molecule has 0 saturated carbocycles. The number of amides is 1. The van der Waals surface area contributed by atoms with Gasteiger partial charge in [0.1, 0.15) is 18.4 Å². The smallest absolute Gasteiger partial charge is 0.243 e. The first-order chi connectivity index (χ1) is 13.9. The summed E-state index contributed by atoms with van der Waals surface area (Å²) in [6, 6.07) is 21.6. The molecule has 1 atom stereocenters. The summed E-state index contributed by atoms with van der Waals surface area (Å²) in [5.41, 5.74) is 0.605. The number of carbonyl (C=O) groups excluding carboxylic acids is 1. The minimum Gasteiger partial charge on any atom is -0.491 e. The molecule has 0 aliphatic heterocycles. The number of likely N-dealkylation sites (N-methyl/N-ethyl adjacent to an activating group) is 1. The molecule has 0 radical (unpaired) electrons. The second-order valence-electron chi connectivity index (χ2n) is 6.71. The van der Waals surface area contributed by atoms with Crippen molar-refractivity contribution >= 4 is 26.7 Å². The van der Waals surface area contributed by atoms with E-state index in [1.165, 1.54) is 7.05 Å². The van der Waals surface area contributed by atoms with Gasteiger partial charge in [-0.25, -0.2) is 8.42 Å². The Balaban J connectivity index is 1.66. The summed E-state index contributed by atoms with van der Waals surface area (Å²) >= 11 is 0. The number of nitrogens with one attached hydrogen (secondary N) is 1. The van der Waals surface area contributed by atoms with E-state index >= 15 is 0 Å². The molecular weight excluding hydrogens is 388 g/mol. The number of hydrogen-bond acceptors (Lipinski definition) is 4. The first kappa shape index (κ1) is 20.8. The largest absolute Gasteiger partial charge is 0.491 e. The zero-order valence-electron chi connectivity index (χ0n) is 16.4. The highest BCUT2D eigenvalue weighted by atomic mass is 32.2. The van der Waals surface area contributed by atoms with Gasteiger partial charge in [0.2, 0.25) is 15.9 Å². The van der Waals surface area contributed by atoms with Gasteiger partial charge < -0.3 is 10.1 Å². The maximum absolute atomic E-state index is 12.8. The first-order valence-corrected chi connectivity index (χ1v) is 11.1. The molecule has 0 aliphatic carbocycles. The molecule has 0 aromatic heterocycles. The van der Waals surface area contributed by atoms with Crippen molar-refractivity contribution in [2.75, 3.05) is 26.5 Å². The number of sulfonamides is 1. The molecule has 6 nitrogen and oxygen atoms in total. The van der Waals surface area contributed by atoms with Crippen molar-refractivity contribution in [1.82, 2.24) is 9.62 Å². The van der Waals surface area contributed by atoms with Gasteiger partial charge in [-0.2, -0.15) is 4.31 Å². The number of benzene rings is 3. The molecule has 0 heterocycles. The molecule has 1 N–H and O–H groups in total. The van der Waals surface area contributed by atoms with Crippen LogP contribution in [0.25, 0.3) is 10.8 Å². The lowest BCUT2D eigenvalue weighted by molar-refractivity contribution is -0.124. The van der Waals surface area contributed by atoms with Gasteiger partial charge in [0.05, 0.1) is 12.8 Å². The molecule has 1 amide bonds. The minimum absolute atomic E-state index is 0.253. The highest BCUT2D eigenvalue weighted by Gasteiger charge is 2.30. The molecule has 0 bridgehead atoms. The summed E-state index contributed by atoms with van der Waals surface area (Å²) in [7, 11) is -2.15. The third kappa shape index (κ3) is 5.13. The molecule has 0 unspecified atom stereocenters. The van der Waals surface area contributed by atoms with E-state index in [1.54, 1.807) is 24.3 Å². The Kier molecular flexibility index (Phi) is 6.51. The van der Waals surface area contributed by atoms with Crippen molar-refractivity contribution in [3.05, 3.63) is 78.4 Å². The minimum atomic E-state index is -3.55. The van der Waals surface area contributed by atoms with Crippen LogP contribution in [0.15, 0.2) is 72.8 Å². The lowest BCUT2D eigenvalue weighted by Crippen LogP contribution is -2.42. The molecule has 3 aromatic rings. The lowest BCUT2D eigenvalue weighted by atomic mass is 10.1. The molecule has 0 aliphatic rings. The third-order valence-electron chi connectivity index (χ3n) is 4.66. The fourth-order valence-corrected chi connectivity index (χ4v) is 3.71. The van der Waals surface area contributed by atoms with Crippen LogP contribution in [-0.2, 0) is 14.8 Å². The maximum Gasteiger partial charge on any atom is 0.243 e. The fourth-order valence-electron chi connectivity index (χ4n) is 3.11. The van der Waals surface area contributed by atoms with Crippen LogP contribution < -0.4 is 10.1 Å². The van der Waals surface area contributed by atoms with Crippen LogP contribution in [0.3, 0.4) is 0 Å². The lowest BCUT2D eigenvalue weighted by Gasteiger charge is -2.25. The van der Waals surface area contributed by atoms with Crippen molar-refractivity contribution < 1.29 is 17.9 Å². The molecular formula is C22H24N2O4S. The van der Waals surface area contributed by atoms with Crippen LogP contribution in [0, 0.1) is 0 Å². The molecule has 29 heavy (non-hydrogen) atoms. The van der Waals surface area contributed by atoms with Crippen LogP contribution >= 0.6 is 0 Å². The Morgan fingerprint density at radius 1 is 1.00 bits per heavy atom. The summed E-state index contributed by atoms with van der Waals surface area (Å²) in [6.45, 7) is 0.521. The van der Waals surface area contributed by atoms with Crippen molar-refractivity contribution in [2.24, 2.45) is 0 Å². The second kappa shape index (κ2) is 9.07. The van der Waals surface area contributed by atoms with Gasteiger partial charge in [-0.05, 0) is 17.0 Å². The van der Waals surface area contributed by atoms with E-state index < -0.39 is 22.0 Å². The van der Waals surface area contributed by atoms with Crippen LogP contribution in [0.2, 0.25) is 0 Å². The van der Waals surface area contributed by atoms with Crippen molar-refractivity contribution in [3.63, 3.8) is 0 Å². The van der Waals surface area contributed by atoms with Gasteiger partial charge in [-0.15, -0.1) is 0 Å². The third-order valence-corrected chi connectivity index (χ3v) is 5.92. The number of rotatable bonds is 8. The zero-order valence-corrected chi connectivity index (χ0v) is 17.2. The number of fused-ring (bicyclic) bond motifs is 1. The summed E-state index contributed by atoms with van der Waals surface area (Å²) in [5, 5.41) is 4.86. The summed E-state index contributed by atoms with van der Waals surface area (Å²) in [5.74, 6) is 0.343. The van der Waals surface area contributed by atoms with E-state index in [0.717, 1.165) is 27.1 Å². The van der Waals surface area contributed by atoms with E-state index in [1.807, 2.05) is 48.5 Å². The Labute approximate surface area is 171 Å². The van der Waals surface area contributed by atoms with E-state index in [4.69, 9.17) is 4.74 Å². The number of nitrogens with zero attached hydrogens (tertiary/aromatic N) is 1. The SMILES string of the molecule is CN([C@H](C(=O)NCCOc1cccc2ccccc12)c1ccccc1)S(C)(=O)=O. The predicted molar refractivity (Wildman–Crippen MR) is 114 cm³/mol. The predicted octanol–water partition coefficient (Wildman–Crippen LogP) is 2.97. The van der Waals surface area contributed by atoms with Crippen molar-refractivity contribution in [3.8, 4) is 5.75 Å². The van der Waals surface area contributed by atoms with E-state index in [9.17, 15) is 13.2 Å². The normalized spacial score (nSPS) is 12.7. The Morgan fingerprint density at radius 2 is 1.66 bits per heavy atom. The van der Waals surface area contributed by atoms with Gasteiger partial charge in [0, 0.05) is 12.4 Å². The van der Waals surface area contributed by atoms with Gasteiger partial charge in [0.25, 0.3) is 0 Å². The number of carbonyl (C=O) groups is 1. The average Bonchev–Trinajstić information content (AvgIpc) is 2.71. The van der Waals surface area contributed by atoms with Crippen LogP contribution in [0.1, 0.15) is 11.6 Å². The summed E-state index contributed by atoms with van der Waals surface area (Å²) in [6.07, 6.45) is 1.08. The highest BCUT2D eigenvalue weighted by Crippen LogP contribution is 2.25. The Morgan fingerprint density at radius 3 is 2.38 bits per heavy atom. The van der Waals surface area contributed by atoms with E-state index in [-0.39, 0.29) is 13.2 Å². The molecule has 0 spiro atoms. The zero-order chi connectivity index (χ0) is 20.9. The molecule has 0 saturated heterocycles. The Bertz CT molecular complexity index is 1080.